The Labute approximate surface area is 138 Å². The number of nitro benzene ring substituents is 1. The third-order valence-electron chi connectivity index (χ3n) is 4.06. The van der Waals surface area contributed by atoms with Gasteiger partial charge in [-0.2, -0.15) is 0 Å². The molecule has 1 aliphatic rings. The Kier molecular flexibility index (Phi) is 4.77. The van der Waals surface area contributed by atoms with Gasteiger partial charge in [0.15, 0.2) is 0 Å². The number of aliphatic imine (C=N–C) groups is 1. The summed E-state index contributed by atoms with van der Waals surface area (Å²) in [7, 11) is 1.53. The number of nitro groups is 1. The molecule has 0 spiro atoms. The number of benzene rings is 1. The molecule has 0 saturated carbocycles. The molecule has 8 nitrogen and oxygen atoms in total. The Morgan fingerprint density at radius 2 is 1.92 bits per heavy atom. The normalized spacial score (nSPS) is 20.4. The molecule has 1 N–H and O–H groups in total. The summed E-state index contributed by atoms with van der Waals surface area (Å²) < 4.78 is 0. The minimum Gasteiger partial charge on any atom is -0.481 e. The number of rotatable bonds is 5. The Hall–Kier alpha value is -3.03. The van der Waals surface area contributed by atoms with Crippen LogP contribution in [0.2, 0.25) is 0 Å². The topological polar surface area (TPSA) is 113 Å². The number of nitrogens with zero attached hydrogens (tertiary/aromatic N) is 3. The third kappa shape index (κ3) is 3.03. The molecule has 1 amide bonds. The molecule has 2 atom stereocenters. The van der Waals surface area contributed by atoms with E-state index in [4.69, 9.17) is 0 Å². The van der Waals surface area contributed by atoms with Gasteiger partial charge in [0.05, 0.1) is 16.3 Å². The fourth-order valence-electron chi connectivity index (χ4n) is 3.02. The highest BCUT2D eigenvalue weighted by atomic mass is 16.6. The van der Waals surface area contributed by atoms with Crippen LogP contribution in [0.5, 0.6) is 0 Å². The summed E-state index contributed by atoms with van der Waals surface area (Å²) in [6.07, 6.45) is 0.590. The molecular formula is C16H17N3O5. The summed E-state index contributed by atoms with van der Waals surface area (Å²) in [5.41, 5.74) is 1.93. The van der Waals surface area contributed by atoms with Crippen molar-refractivity contribution >= 4 is 23.8 Å². The smallest absolute Gasteiger partial charge is 0.313 e. The number of carbonyl (C=O) groups excluding carboxylic acids is 1. The molecular weight excluding hydrogens is 314 g/mol. The van der Waals surface area contributed by atoms with E-state index in [2.05, 4.69) is 4.99 Å². The predicted molar refractivity (Wildman–Crippen MR) is 86.6 cm³/mol. The Bertz CT molecular complexity index is 751. The number of aliphatic carboxylic acids is 1. The fraction of sp³-hybridized carbons (Fsp3) is 0.312. The highest BCUT2D eigenvalue weighted by Crippen LogP contribution is 2.40. The zero-order chi connectivity index (χ0) is 18.0. The second kappa shape index (κ2) is 6.61. The van der Waals surface area contributed by atoms with Gasteiger partial charge in [-0.25, -0.2) is 0 Å². The third-order valence-corrected chi connectivity index (χ3v) is 4.06. The van der Waals surface area contributed by atoms with Gasteiger partial charge in [0.25, 0.3) is 5.69 Å². The molecule has 2 rings (SSSR count). The van der Waals surface area contributed by atoms with E-state index < -0.39 is 22.7 Å². The fourth-order valence-corrected chi connectivity index (χ4v) is 3.02. The van der Waals surface area contributed by atoms with Crippen LogP contribution >= 0.6 is 0 Å². The molecule has 0 radical (unpaired) electrons. The number of carbonyl (C=O) groups is 2. The van der Waals surface area contributed by atoms with E-state index in [1.807, 2.05) is 0 Å². The summed E-state index contributed by atoms with van der Waals surface area (Å²) >= 11 is 0. The molecule has 1 aromatic rings. The van der Waals surface area contributed by atoms with Gasteiger partial charge in [0, 0.05) is 30.8 Å². The lowest BCUT2D eigenvalue weighted by Gasteiger charge is -2.34. The number of hydrogen-bond donors (Lipinski definition) is 1. The lowest BCUT2D eigenvalue weighted by atomic mass is 9.78. The molecule has 1 aromatic carbocycles. The average molecular weight is 331 g/mol. The number of hydrogen-bond acceptors (Lipinski definition) is 5. The Morgan fingerprint density at radius 1 is 1.33 bits per heavy atom. The summed E-state index contributed by atoms with van der Waals surface area (Å²) in [6, 6.07) is 5.68. The van der Waals surface area contributed by atoms with Crippen LogP contribution < -0.4 is 0 Å². The SMILES string of the molecule is CC1=NC(C)=C(N(C)C=O)C(c2ccc([N+](=O)[O-])cc2)C1C(=O)O. The van der Waals surface area contributed by atoms with Gasteiger partial charge < -0.3 is 10.0 Å². The van der Waals surface area contributed by atoms with Gasteiger partial charge in [-0.05, 0) is 19.4 Å². The number of non-ortho nitro benzene ring substituents is 1. The van der Waals surface area contributed by atoms with Gasteiger partial charge in [-0.3, -0.25) is 24.7 Å². The second-order valence-corrected chi connectivity index (χ2v) is 5.58. The summed E-state index contributed by atoms with van der Waals surface area (Å²) in [6.45, 7) is 3.33. The minimum atomic E-state index is -1.07. The predicted octanol–water partition coefficient (Wildman–Crippen LogP) is 2.17. The quantitative estimate of drug-likeness (QED) is 0.504. The van der Waals surface area contributed by atoms with Crippen molar-refractivity contribution in [1.82, 2.24) is 4.90 Å². The van der Waals surface area contributed by atoms with Crippen LogP contribution in [0.1, 0.15) is 25.3 Å². The van der Waals surface area contributed by atoms with E-state index in [1.54, 1.807) is 13.8 Å². The molecule has 0 bridgehead atoms. The highest BCUT2D eigenvalue weighted by molar-refractivity contribution is 6.03. The first-order valence-electron chi connectivity index (χ1n) is 7.19. The largest absolute Gasteiger partial charge is 0.481 e. The standard InChI is InChI=1S/C16H17N3O5/c1-9-13(16(21)22)14(15(10(2)17-9)18(3)8-20)11-4-6-12(7-5-11)19(23)24/h4-8,13-14H,1-3H3,(H,21,22). The van der Waals surface area contributed by atoms with Gasteiger partial charge in [-0.1, -0.05) is 12.1 Å². The first kappa shape index (κ1) is 17.3. The van der Waals surface area contributed by atoms with Crippen LogP contribution in [-0.4, -0.2) is 40.1 Å². The number of likely N-dealkylation sites (N-methyl/N-ethyl adjacent to an activating group) is 1. The molecule has 24 heavy (non-hydrogen) atoms. The van der Waals surface area contributed by atoms with Crippen LogP contribution in [-0.2, 0) is 9.59 Å². The monoisotopic (exact) mass is 331 g/mol. The number of allylic oxidation sites excluding steroid dienone is 2. The minimum absolute atomic E-state index is 0.0854. The van der Waals surface area contributed by atoms with E-state index in [1.165, 1.54) is 36.2 Å². The van der Waals surface area contributed by atoms with Gasteiger partial charge >= 0.3 is 5.97 Å². The van der Waals surface area contributed by atoms with E-state index in [0.29, 0.717) is 29.1 Å². The van der Waals surface area contributed by atoms with Crippen molar-refractivity contribution in [2.75, 3.05) is 7.05 Å². The zero-order valence-electron chi connectivity index (χ0n) is 13.5. The molecule has 1 aliphatic heterocycles. The lowest BCUT2D eigenvalue weighted by Crippen LogP contribution is -2.37. The number of carboxylic acid groups (broad SMARTS) is 1. The van der Waals surface area contributed by atoms with Crippen molar-refractivity contribution < 1.29 is 19.6 Å². The maximum atomic E-state index is 11.8. The second-order valence-electron chi connectivity index (χ2n) is 5.58. The van der Waals surface area contributed by atoms with E-state index in [0.717, 1.165) is 0 Å². The summed E-state index contributed by atoms with van der Waals surface area (Å²) in [4.78, 5) is 38.9. The molecule has 0 aliphatic carbocycles. The molecule has 0 saturated heterocycles. The van der Waals surface area contributed by atoms with Crippen molar-refractivity contribution in [2.24, 2.45) is 10.9 Å². The maximum absolute atomic E-state index is 11.8. The molecule has 0 fully saturated rings. The average Bonchev–Trinajstić information content (AvgIpc) is 2.53. The van der Waals surface area contributed by atoms with Crippen molar-refractivity contribution in [2.45, 2.75) is 19.8 Å². The van der Waals surface area contributed by atoms with Crippen LogP contribution in [0.15, 0.2) is 40.7 Å². The van der Waals surface area contributed by atoms with Crippen LogP contribution in [0.4, 0.5) is 5.69 Å². The van der Waals surface area contributed by atoms with Crippen LogP contribution in [0.3, 0.4) is 0 Å². The number of amides is 1. The van der Waals surface area contributed by atoms with Crippen molar-refractivity contribution in [3.63, 3.8) is 0 Å². The van der Waals surface area contributed by atoms with Gasteiger partial charge in [0.2, 0.25) is 6.41 Å². The first-order chi connectivity index (χ1) is 11.3. The van der Waals surface area contributed by atoms with Crippen molar-refractivity contribution in [3.05, 3.63) is 51.3 Å². The summed E-state index contributed by atoms with van der Waals surface area (Å²) in [5.74, 6) is -2.67. The molecule has 1 heterocycles. The van der Waals surface area contributed by atoms with Crippen LogP contribution in [0, 0.1) is 16.0 Å². The lowest BCUT2D eigenvalue weighted by molar-refractivity contribution is -0.384. The zero-order valence-corrected chi connectivity index (χ0v) is 13.5. The van der Waals surface area contributed by atoms with Gasteiger partial charge in [0.1, 0.15) is 5.92 Å². The molecule has 0 aromatic heterocycles. The van der Waals surface area contributed by atoms with Crippen molar-refractivity contribution in [3.8, 4) is 0 Å². The molecule has 126 valence electrons. The van der Waals surface area contributed by atoms with E-state index >= 15 is 0 Å². The van der Waals surface area contributed by atoms with E-state index in [-0.39, 0.29) is 5.69 Å². The summed E-state index contributed by atoms with van der Waals surface area (Å²) in [5, 5.41) is 20.4. The Morgan fingerprint density at radius 3 is 2.38 bits per heavy atom. The first-order valence-corrected chi connectivity index (χ1v) is 7.19. The molecule has 8 heteroatoms. The highest BCUT2D eigenvalue weighted by Gasteiger charge is 2.39. The van der Waals surface area contributed by atoms with Crippen LogP contribution in [0.25, 0.3) is 0 Å². The Balaban J connectivity index is 2.62. The van der Waals surface area contributed by atoms with E-state index in [9.17, 15) is 24.8 Å². The van der Waals surface area contributed by atoms with Crippen molar-refractivity contribution in [1.29, 1.82) is 0 Å². The maximum Gasteiger partial charge on any atom is 0.313 e. The van der Waals surface area contributed by atoms with Gasteiger partial charge in [-0.15, -0.1) is 0 Å². The number of carboxylic acids is 1. The molecule has 2 unspecified atom stereocenters.